The standard InChI is InChI=1S/C14H13O2P/c1-17-16-14-9-5-4-8-13(14)12-7-3-2-6-11(12)10-15/h2-10,17H,1H3. The van der Waals surface area contributed by atoms with Crippen LogP contribution in [0.15, 0.2) is 48.5 Å². The van der Waals surface area contributed by atoms with Crippen LogP contribution >= 0.6 is 8.81 Å². The van der Waals surface area contributed by atoms with Crippen molar-refractivity contribution in [1.82, 2.24) is 0 Å². The van der Waals surface area contributed by atoms with Crippen LogP contribution in [0.3, 0.4) is 0 Å². The summed E-state index contributed by atoms with van der Waals surface area (Å²) in [6.45, 7) is 1.97. The lowest BCUT2D eigenvalue weighted by Crippen LogP contribution is -1.89. The van der Waals surface area contributed by atoms with Crippen molar-refractivity contribution in [3.63, 3.8) is 0 Å². The molecular formula is C14H13O2P. The van der Waals surface area contributed by atoms with Crippen LogP contribution < -0.4 is 4.52 Å². The smallest absolute Gasteiger partial charge is 0.150 e. The minimum atomic E-state index is 0.386. The highest BCUT2D eigenvalue weighted by Gasteiger charge is 2.08. The molecule has 0 saturated carbocycles. The monoisotopic (exact) mass is 244 g/mol. The zero-order valence-electron chi connectivity index (χ0n) is 9.51. The van der Waals surface area contributed by atoms with E-state index in [-0.39, 0.29) is 0 Å². The number of carbonyl (C=O) groups is 1. The topological polar surface area (TPSA) is 26.3 Å². The molecule has 1 unspecified atom stereocenters. The minimum absolute atomic E-state index is 0.386. The SMILES string of the molecule is CPOc1ccccc1-c1ccccc1C=O. The third-order valence-corrected chi connectivity index (χ3v) is 2.90. The Morgan fingerprint density at radius 2 is 1.65 bits per heavy atom. The van der Waals surface area contributed by atoms with Gasteiger partial charge in [0.1, 0.15) is 5.75 Å². The van der Waals surface area contributed by atoms with Gasteiger partial charge in [-0.2, -0.15) is 0 Å². The maximum absolute atomic E-state index is 11.0. The van der Waals surface area contributed by atoms with Gasteiger partial charge in [-0.15, -0.1) is 0 Å². The van der Waals surface area contributed by atoms with Gasteiger partial charge in [0, 0.05) is 11.1 Å². The first-order chi connectivity index (χ1) is 8.36. The van der Waals surface area contributed by atoms with Crippen molar-refractivity contribution in [3.8, 4) is 16.9 Å². The number of rotatable bonds is 4. The van der Waals surface area contributed by atoms with Crippen molar-refractivity contribution in [3.05, 3.63) is 54.1 Å². The van der Waals surface area contributed by atoms with Crippen LogP contribution in [0.4, 0.5) is 0 Å². The van der Waals surface area contributed by atoms with Crippen LogP contribution in [0.25, 0.3) is 11.1 Å². The molecule has 0 aliphatic carbocycles. The number of carbonyl (C=O) groups excluding carboxylic acids is 1. The lowest BCUT2D eigenvalue weighted by Gasteiger charge is -2.11. The molecular weight excluding hydrogens is 231 g/mol. The van der Waals surface area contributed by atoms with E-state index in [1.807, 2.05) is 55.2 Å². The van der Waals surface area contributed by atoms with E-state index in [2.05, 4.69) is 0 Å². The van der Waals surface area contributed by atoms with E-state index in [4.69, 9.17) is 4.52 Å². The summed E-state index contributed by atoms with van der Waals surface area (Å²) in [5.41, 5.74) is 2.56. The maximum atomic E-state index is 11.0. The summed E-state index contributed by atoms with van der Waals surface area (Å²) < 4.78 is 5.60. The Kier molecular flexibility index (Phi) is 3.89. The van der Waals surface area contributed by atoms with E-state index in [0.717, 1.165) is 23.2 Å². The molecule has 17 heavy (non-hydrogen) atoms. The average Bonchev–Trinajstić information content (AvgIpc) is 2.40. The van der Waals surface area contributed by atoms with Crippen molar-refractivity contribution in [1.29, 1.82) is 0 Å². The van der Waals surface area contributed by atoms with Gasteiger partial charge in [-0.05, 0) is 18.3 Å². The van der Waals surface area contributed by atoms with Gasteiger partial charge in [-0.3, -0.25) is 4.79 Å². The third-order valence-electron chi connectivity index (χ3n) is 2.48. The van der Waals surface area contributed by atoms with Crippen molar-refractivity contribution in [2.75, 3.05) is 6.66 Å². The summed E-state index contributed by atoms with van der Waals surface area (Å²) >= 11 is 0. The third kappa shape index (κ3) is 2.54. The molecule has 0 heterocycles. The predicted octanol–water partition coefficient (Wildman–Crippen LogP) is 3.77. The lowest BCUT2D eigenvalue weighted by atomic mass is 10.00. The fourth-order valence-corrected chi connectivity index (χ4v) is 2.13. The number of para-hydroxylation sites is 1. The van der Waals surface area contributed by atoms with Gasteiger partial charge < -0.3 is 4.52 Å². The largest absolute Gasteiger partial charge is 0.477 e. The van der Waals surface area contributed by atoms with Gasteiger partial charge >= 0.3 is 0 Å². The second-order valence-corrected chi connectivity index (χ2v) is 4.12. The van der Waals surface area contributed by atoms with E-state index in [0.29, 0.717) is 14.4 Å². The average molecular weight is 244 g/mol. The zero-order valence-corrected chi connectivity index (χ0v) is 10.5. The molecule has 0 fully saturated rings. The Bertz CT molecular complexity index is 523. The molecule has 2 nitrogen and oxygen atoms in total. The first kappa shape index (κ1) is 11.8. The van der Waals surface area contributed by atoms with Gasteiger partial charge in [0.25, 0.3) is 0 Å². The van der Waals surface area contributed by atoms with Gasteiger partial charge in [0.15, 0.2) is 6.29 Å². The first-order valence-corrected chi connectivity index (χ1v) is 6.75. The van der Waals surface area contributed by atoms with Crippen LogP contribution in [-0.2, 0) is 0 Å². The van der Waals surface area contributed by atoms with Crippen molar-refractivity contribution >= 4 is 15.1 Å². The van der Waals surface area contributed by atoms with E-state index in [1.165, 1.54) is 0 Å². The second kappa shape index (κ2) is 5.60. The Labute approximate surface area is 102 Å². The summed E-state index contributed by atoms with van der Waals surface area (Å²) in [5.74, 6) is 0.822. The first-order valence-electron chi connectivity index (χ1n) is 5.34. The molecule has 2 rings (SSSR count). The molecule has 86 valence electrons. The summed E-state index contributed by atoms with van der Waals surface area (Å²) in [6, 6.07) is 15.3. The minimum Gasteiger partial charge on any atom is -0.477 e. The molecule has 0 bridgehead atoms. The molecule has 2 aromatic carbocycles. The predicted molar refractivity (Wildman–Crippen MR) is 72.1 cm³/mol. The maximum Gasteiger partial charge on any atom is 0.150 e. The summed E-state index contributed by atoms with van der Waals surface area (Å²) in [5, 5.41) is 0. The molecule has 0 radical (unpaired) electrons. The Morgan fingerprint density at radius 1 is 1.00 bits per heavy atom. The highest BCUT2D eigenvalue weighted by Crippen LogP contribution is 2.33. The van der Waals surface area contributed by atoms with E-state index in [1.54, 1.807) is 0 Å². The Hall–Kier alpha value is -1.66. The van der Waals surface area contributed by atoms with E-state index in [9.17, 15) is 4.79 Å². The van der Waals surface area contributed by atoms with Crippen molar-refractivity contribution < 1.29 is 9.32 Å². The molecule has 1 atom stereocenters. The number of aldehydes is 1. The fraction of sp³-hybridized carbons (Fsp3) is 0.0714. The summed E-state index contributed by atoms with van der Waals surface area (Å²) in [4.78, 5) is 11.0. The Balaban J connectivity index is 2.55. The molecule has 0 aliphatic rings. The Morgan fingerprint density at radius 3 is 2.35 bits per heavy atom. The number of benzene rings is 2. The lowest BCUT2D eigenvalue weighted by molar-refractivity contribution is 0.112. The quantitative estimate of drug-likeness (QED) is 0.604. The second-order valence-electron chi connectivity index (χ2n) is 3.51. The summed E-state index contributed by atoms with van der Waals surface area (Å²) in [6.07, 6.45) is 0.875. The van der Waals surface area contributed by atoms with Crippen molar-refractivity contribution in [2.45, 2.75) is 0 Å². The number of hydrogen-bond donors (Lipinski definition) is 0. The van der Waals surface area contributed by atoms with Gasteiger partial charge in [-0.25, -0.2) is 0 Å². The summed E-state index contributed by atoms with van der Waals surface area (Å²) in [7, 11) is 0.386. The highest BCUT2D eigenvalue weighted by atomic mass is 31.1. The normalized spacial score (nSPS) is 10.6. The molecule has 2 aromatic rings. The van der Waals surface area contributed by atoms with Gasteiger partial charge in [0.05, 0.1) is 8.81 Å². The molecule has 0 N–H and O–H groups in total. The molecule has 3 heteroatoms. The molecule has 0 spiro atoms. The molecule has 0 saturated heterocycles. The van der Waals surface area contributed by atoms with Crippen LogP contribution in [-0.4, -0.2) is 13.0 Å². The van der Waals surface area contributed by atoms with Crippen LogP contribution in [0, 0.1) is 0 Å². The number of hydrogen-bond acceptors (Lipinski definition) is 2. The fourth-order valence-electron chi connectivity index (χ4n) is 1.73. The van der Waals surface area contributed by atoms with Crippen molar-refractivity contribution in [2.24, 2.45) is 0 Å². The highest BCUT2D eigenvalue weighted by molar-refractivity contribution is 7.31. The zero-order chi connectivity index (χ0) is 12.1. The van der Waals surface area contributed by atoms with Crippen LogP contribution in [0.5, 0.6) is 5.75 Å². The molecule has 0 aromatic heterocycles. The van der Waals surface area contributed by atoms with Crippen LogP contribution in [0.1, 0.15) is 10.4 Å². The molecule has 0 aliphatic heterocycles. The van der Waals surface area contributed by atoms with Crippen LogP contribution in [0.2, 0.25) is 0 Å². The van der Waals surface area contributed by atoms with Gasteiger partial charge in [0.2, 0.25) is 0 Å². The van der Waals surface area contributed by atoms with E-state index >= 15 is 0 Å². The van der Waals surface area contributed by atoms with E-state index < -0.39 is 0 Å². The molecule has 0 amide bonds. The van der Waals surface area contributed by atoms with Gasteiger partial charge in [-0.1, -0.05) is 42.5 Å².